The van der Waals surface area contributed by atoms with Crippen molar-refractivity contribution in [2.75, 3.05) is 19.7 Å². The first-order valence-corrected chi connectivity index (χ1v) is 18.4. The summed E-state index contributed by atoms with van der Waals surface area (Å²) in [5, 5.41) is 59.5. The van der Waals surface area contributed by atoms with Gasteiger partial charge in [0.05, 0.1) is 11.6 Å². The Bertz CT molecular complexity index is 1370. The van der Waals surface area contributed by atoms with Crippen LogP contribution in [0.2, 0.25) is 0 Å². The van der Waals surface area contributed by atoms with Gasteiger partial charge >= 0.3 is 11.9 Å². The van der Waals surface area contributed by atoms with E-state index in [1.54, 1.807) is 31.2 Å². The van der Waals surface area contributed by atoms with Gasteiger partial charge in [0.25, 0.3) is 5.91 Å². The molecule has 18 heteroatoms. The van der Waals surface area contributed by atoms with Gasteiger partial charge in [0.1, 0.15) is 37.3 Å². The van der Waals surface area contributed by atoms with Crippen LogP contribution in [-0.4, -0.2) is 122 Å². The van der Waals surface area contributed by atoms with Crippen LogP contribution < -0.4 is 16.0 Å². The monoisotopic (exact) mass is 805 g/mol. The average molecular weight is 806 g/mol. The molecule has 17 nitrogen and oxygen atoms in total. The fraction of sp³-hybridized carbons (Fsp3) is 0.639. The van der Waals surface area contributed by atoms with Crippen LogP contribution in [0.4, 0.5) is 0 Å². The van der Waals surface area contributed by atoms with Crippen molar-refractivity contribution in [2.24, 2.45) is 0 Å². The molecule has 0 saturated carbocycles. The van der Waals surface area contributed by atoms with Crippen LogP contribution in [0.25, 0.3) is 0 Å². The van der Waals surface area contributed by atoms with Crippen molar-refractivity contribution < 1.29 is 76.2 Å². The van der Waals surface area contributed by atoms with Crippen LogP contribution in [-0.2, 0) is 50.5 Å². The van der Waals surface area contributed by atoms with Gasteiger partial charge in [-0.05, 0) is 82.9 Å². The number of hydroxylamine groups is 4. The first-order chi connectivity index (χ1) is 25.3. The molecule has 2 heterocycles. The zero-order valence-electron chi connectivity index (χ0n) is 30.6. The molecule has 0 radical (unpaired) electrons. The van der Waals surface area contributed by atoms with E-state index in [2.05, 4.69) is 16.0 Å². The number of aliphatic hydroxyl groups is 2. The quantitative estimate of drug-likeness (QED) is 0.0113. The Kier molecular flexibility index (Phi) is 21.3. The number of rotatable bonds is 22. The Labute approximate surface area is 325 Å². The van der Waals surface area contributed by atoms with Crippen LogP contribution in [0.3, 0.4) is 0 Å². The molecule has 2 saturated heterocycles. The fourth-order valence-electron chi connectivity index (χ4n) is 5.97. The minimum atomic E-state index is -1.25. The van der Waals surface area contributed by atoms with Gasteiger partial charge in [-0.1, -0.05) is 31.1 Å². The number of carbonyl (C=O) groups excluding carboxylic acids is 4. The average Bonchev–Trinajstić information content (AvgIpc) is 3.55. The Morgan fingerprint density at radius 2 is 1.83 bits per heavy atom. The number of ketones is 1. The SMILES string of the molecule is C[C@@H](CC(O)N[C@H]1CCCCN(O)C1=O)OC(=O)[C@H](CCCCN(O)C(O)/C=C\CCCCCCC(=O)O)NC(=O)[C@@H]1CO/C(=C2\C=CC=CC2=O)N1.[Fe]. The third-order valence-electron chi connectivity index (χ3n) is 8.94. The number of allylic oxidation sites excluding steroid dienone is 6. The van der Waals surface area contributed by atoms with Crippen LogP contribution in [0, 0.1) is 0 Å². The van der Waals surface area contributed by atoms with Crippen molar-refractivity contribution in [3.05, 3.63) is 47.9 Å². The molecule has 0 aromatic heterocycles. The molecule has 54 heavy (non-hydrogen) atoms. The minimum absolute atomic E-state index is 0. The van der Waals surface area contributed by atoms with Crippen LogP contribution in [0.15, 0.2) is 47.9 Å². The van der Waals surface area contributed by atoms with Crippen molar-refractivity contribution in [1.29, 1.82) is 0 Å². The molecule has 3 aliphatic rings. The summed E-state index contributed by atoms with van der Waals surface area (Å²) in [5.74, 6) is -2.86. The number of esters is 1. The van der Waals surface area contributed by atoms with Crippen molar-refractivity contribution in [3.63, 3.8) is 0 Å². The molecule has 304 valence electrons. The Balaban J connectivity index is 0.0000101. The number of hydrogen-bond donors (Lipinski definition) is 8. The maximum Gasteiger partial charge on any atom is 0.328 e. The largest absolute Gasteiger partial charge is 0.481 e. The van der Waals surface area contributed by atoms with Crippen LogP contribution in [0.5, 0.6) is 0 Å². The van der Waals surface area contributed by atoms with E-state index in [0.29, 0.717) is 50.0 Å². The number of carboxylic acids is 1. The molecule has 2 unspecified atom stereocenters. The predicted molar refractivity (Wildman–Crippen MR) is 188 cm³/mol. The predicted octanol–water partition coefficient (Wildman–Crippen LogP) is 1.53. The number of hydrogen-bond acceptors (Lipinski definition) is 14. The van der Waals surface area contributed by atoms with Gasteiger partial charge in [0.15, 0.2) is 11.7 Å². The zero-order valence-corrected chi connectivity index (χ0v) is 31.7. The summed E-state index contributed by atoms with van der Waals surface area (Å²) < 4.78 is 11.2. The first kappa shape index (κ1) is 46.5. The van der Waals surface area contributed by atoms with Gasteiger partial charge in [-0.3, -0.25) is 29.7 Å². The van der Waals surface area contributed by atoms with Gasteiger partial charge in [-0.25, -0.2) is 9.86 Å². The third kappa shape index (κ3) is 16.4. The van der Waals surface area contributed by atoms with E-state index < -0.39 is 60.4 Å². The molecule has 3 rings (SSSR count). The van der Waals surface area contributed by atoms with Gasteiger partial charge < -0.3 is 40.6 Å². The van der Waals surface area contributed by atoms with Crippen molar-refractivity contribution in [2.45, 2.75) is 127 Å². The van der Waals surface area contributed by atoms with Gasteiger partial charge in [0.2, 0.25) is 5.91 Å². The van der Waals surface area contributed by atoms with Gasteiger partial charge in [0, 0.05) is 43.0 Å². The van der Waals surface area contributed by atoms with E-state index in [-0.39, 0.29) is 73.3 Å². The Morgan fingerprint density at radius 1 is 1.09 bits per heavy atom. The van der Waals surface area contributed by atoms with Gasteiger partial charge in [-0.15, -0.1) is 0 Å². The minimum Gasteiger partial charge on any atom is -0.481 e. The number of unbranched alkanes of at least 4 members (excludes halogenated alkanes) is 5. The maximum atomic E-state index is 13.4. The molecule has 2 amide bonds. The summed E-state index contributed by atoms with van der Waals surface area (Å²) in [5.41, 5.74) is 0.260. The van der Waals surface area contributed by atoms with E-state index in [4.69, 9.17) is 14.6 Å². The van der Waals surface area contributed by atoms with Gasteiger partial charge in [-0.2, -0.15) is 5.06 Å². The Morgan fingerprint density at radius 3 is 2.57 bits per heavy atom. The second-order valence-corrected chi connectivity index (χ2v) is 13.4. The molecule has 0 bridgehead atoms. The first-order valence-electron chi connectivity index (χ1n) is 18.4. The number of aliphatic hydroxyl groups excluding tert-OH is 2. The number of nitrogens with one attached hydrogen (secondary N) is 3. The van der Waals surface area contributed by atoms with Crippen LogP contribution >= 0.6 is 0 Å². The zero-order chi connectivity index (χ0) is 38.8. The second kappa shape index (κ2) is 24.7. The molecule has 0 aromatic rings. The van der Waals surface area contributed by atoms with E-state index >= 15 is 0 Å². The van der Waals surface area contributed by atoms with Crippen molar-refractivity contribution >= 4 is 29.5 Å². The molecule has 8 N–H and O–H groups in total. The van der Waals surface area contributed by atoms with E-state index in [9.17, 15) is 44.6 Å². The molecule has 0 aromatic carbocycles. The summed E-state index contributed by atoms with van der Waals surface area (Å²) in [6, 6.07) is -2.84. The maximum absolute atomic E-state index is 13.4. The number of amides is 2. The summed E-state index contributed by atoms with van der Waals surface area (Å²) in [4.78, 5) is 61.9. The summed E-state index contributed by atoms with van der Waals surface area (Å²) in [6.07, 6.45) is 12.4. The van der Waals surface area contributed by atoms with Crippen LogP contribution in [0.1, 0.15) is 90.4 Å². The molecular weight excluding hydrogens is 750 g/mol. The molecule has 0 spiro atoms. The van der Waals surface area contributed by atoms with E-state index in [1.165, 1.54) is 12.2 Å². The number of carbonyl (C=O) groups is 5. The molecule has 1 aliphatic carbocycles. The molecule has 6 atom stereocenters. The van der Waals surface area contributed by atoms with Crippen molar-refractivity contribution in [1.82, 2.24) is 26.1 Å². The molecule has 2 fully saturated rings. The van der Waals surface area contributed by atoms with E-state index in [0.717, 1.165) is 24.3 Å². The molecular formula is C36H55FeN5O12. The number of aliphatic carboxylic acids is 1. The summed E-state index contributed by atoms with van der Waals surface area (Å²) >= 11 is 0. The summed E-state index contributed by atoms with van der Waals surface area (Å²) in [7, 11) is 0. The molecule has 2 aliphatic heterocycles. The number of nitrogens with zero attached hydrogens (tertiary/aromatic N) is 2. The van der Waals surface area contributed by atoms with E-state index in [1.807, 2.05) is 0 Å². The normalized spacial score (nSPS) is 22.2. The Hall–Kier alpha value is -3.61. The number of ether oxygens (including phenoxy) is 2. The second-order valence-electron chi connectivity index (χ2n) is 13.4. The standard InChI is InChI=1S/C36H55N5O12.Fe/c1-24(22-30(43)37-26-15-10-13-21-41(51)35(26)48)53-36(49)27(38-33(47)28-23-52-34(39-28)25-14-8-9-17-29(25)42)16-11-12-20-40(50)31(44)18-6-4-2-3-5-7-19-32(45)46;/h6,8-9,14,17-18,24,26-28,30-31,37,39,43-44,50-51H,2-5,7,10-13,15-16,19-23H2,1H3,(H,38,47)(H,45,46);/b18-6-,34-25+;/t24-,26-,27-,28-,30?,31?;/m0./s1. The smallest absolute Gasteiger partial charge is 0.328 e. The number of carboxylic acid groups (broad SMARTS) is 1. The fourth-order valence-corrected chi connectivity index (χ4v) is 5.97. The topological polar surface area (TPSA) is 248 Å². The third-order valence-corrected chi connectivity index (χ3v) is 8.94. The summed E-state index contributed by atoms with van der Waals surface area (Å²) in [6.45, 7) is 1.73. The van der Waals surface area contributed by atoms with Crippen molar-refractivity contribution in [3.8, 4) is 0 Å².